The van der Waals surface area contributed by atoms with Crippen LogP contribution in [0.3, 0.4) is 0 Å². The summed E-state index contributed by atoms with van der Waals surface area (Å²) < 4.78 is 33.8. The number of methoxy groups -OCH3 is 1. The maximum Gasteiger partial charge on any atom is 0.240 e. The zero-order chi connectivity index (χ0) is 26.3. The first-order chi connectivity index (χ1) is 17.9. The molecule has 7 nitrogen and oxygen atoms in total. The lowest BCUT2D eigenvalue weighted by molar-refractivity contribution is -0.125. The number of nitrogens with one attached hydrogen (secondary N) is 3. The number of benzene rings is 3. The number of ether oxygens (including phenoxy) is 1. The molecule has 0 bridgehead atoms. The van der Waals surface area contributed by atoms with E-state index in [1.807, 2.05) is 37.3 Å². The molecule has 1 aliphatic heterocycles. The number of carbonyl (C=O) groups is 1. The second-order valence-corrected chi connectivity index (χ2v) is 11.3. The Morgan fingerprint density at radius 1 is 1.00 bits per heavy atom. The van der Waals surface area contributed by atoms with Crippen molar-refractivity contribution in [1.29, 1.82) is 0 Å². The molecule has 3 atom stereocenters. The van der Waals surface area contributed by atoms with Crippen molar-refractivity contribution < 1.29 is 17.9 Å². The Balaban J connectivity index is 1.42. The van der Waals surface area contributed by atoms with Crippen molar-refractivity contribution in [1.82, 2.24) is 15.4 Å². The van der Waals surface area contributed by atoms with Crippen LogP contribution >= 0.6 is 0 Å². The number of sulfonamides is 1. The van der Waals surface area contributed by atoms with Crippen molar-refractivity contribution in [3.63, 3.8) is 0 Å². The molecule has 1 fully saturated rings. The first kappa shape index (κ1) is 27.0. The molecule has 0 aliphatic carbocycles. The Morgan fingerprint density at radius 3 is 2.46 bits per heavy atom. The molecule has 0 aromatic heterocycles. The molecule has 3 aromatic carbocycles. The minimum Gasteiger partial charge on any atom is -0.380 e. The van der Waals surface area contributed by atoms with Crippen molar-refractivity contribution in [3.8, 4) is 0 Å². The quantitative estimate of drug-likeness (QED) is 0.380. The first-order valence-electron chi connectivity index (χ1n) is 12.6. The molecule has 1 amide bonds. The van der Waals surface area contributed by atoms with Gasteiger partial charge in [0.25, 0.3) is 0 Å². The third-order valence-corrected chi connectivity index (χ3v) is 8.26. The molecule has 1 heterocycles. The Morgan fingerprint density at radius 2 is 1.73 bits per heavy atom. The van der Waals surface area contributed by atoms with Gasteiger partial charge in [0.1, 0.15) is 0 Å². The summed E-state index contributed by atoms with van der Waals surface area (Å²) in [5.74, 6) is -0.439. The van der Waals surface area contributed by atoms with Crippen molar-refractivity contribution in [2.24, 2.45) is 5.92 Å². The van der Waals surface area contributed by atoms with Gasteiger partial charge in [-0.15, -0.1) is 0 Å². The third kappa shape index (κ3) is 7.26. The van der Waals surface area contributed by atoms with Gasteiger partial charge in [-0.25, -0.2) is 13.1 Å². The van der Waals surface area contributed by atoms with E-state index in [-0.39, 0.29) is 28.7 Å². The average molecular weight is 522 g/mol. The number of carbonyl (C=O) groups excluding carboxylic acids is 1. The molecular formula is C29H35N3O4S. The lowest BCUT2D eigenvalue weighted by Gasteiger charge is -2.30. The van der Waals surface area contributed by atoms with Crippen LogP contribution < -0.4 is 15.4 Å². The molecule has 0 radical (unpaired) electrons. The maximum absolute atomic E-state index is 13.2. The maximum atomic E-state index is 13.2. The van der Waals surface area contributed by atoms with Gasteiger partial charge in [0.2, 0.25) is 15.9 Å². The first-order valence-corrected chi connectivity index (χ1v) is 14.0. The van der Waals surface area contributed by atoms with Crippen LogP contribution in [0.25, 0.3) is 0 Å². The molecule has 0 saturated carbocycles. The predicted octanol–water partition coefficient (Wildman–Crippen LogP) is 3.35. The van der Waals surface area contributed by atoms with Gasteiger partial charge in [-0.05, 0) is 42.2 Å². The van der Waals surface area contributed by atoms with Gasteiger partial charge < -0.3 is 15.4 Å². The van der Waals surface area contributed by atoms with Gasteiger partial charge in [-0.1, -0.05) is 72.3 Å². The van der Waals surface area contributed by atoms with Crippen molar-refractivity contribution in [3.05, 3.63) is 101 Å². The summed E-state index contributed by atoms with van der Waals surface area (Å²) in [6.07, 6.45) is 0.434. The summed E-state index contributed by atoms with van der Waals surface area (Å²) in [4.78, 5) is 13.4. The number of hydrogen-bond donors (Lipinski definition) is 3. The molecule has 4 rings (SSSR count). The molecule has 196 valence electrons. The second kappa shape index (κ2) is 12.5. The Kier molecular flexibility index (Phi) is 9.10. The molecule has 1 aliphatic rings. The number of aryl methyl sites for hydroxylation is 1. The van der Waals surface area contributed by atoms with Crippen molar-refractivity contribution >= 4 is 15.9 Å². The number of amides is 1. The number of piperidine rings is 1. The van der Waals surface area contributed by atoms with E-state index in [9.17, 15) is 13.2 Å². The van der Waals surface area contributed by atoms with Crippen LogP contribution in [-0.2, 0) is 26.2 Å². The van der Waals surface area contributed by atoms with Gasteiger partial charge in [-0.3, -0.25) is 4.79 Å². The third-order valence-electron chi connectivity index (χ3n) is 6.72. The normalized spacial score (nSPS) is 18.8. The zero-order valence-electron chi connectivity index (χ0n) is 21.3. The zero-order valence-corrected chi connectivity index (χ0v) is 22.1. The van der Waals surface area contributed by atoms with Crippen LogP contribution in [0.4, 0.5) is 0 Å². The van der Waals surface area contributed by atoms with Crippen molar-refractivity contribution in [2.45, 2.75) is 36.8 Å². The standard InChI is InChI=1S/C29H35N3O4S/c1-21-11-13-27(14-12-21)37(34,35)32-26-16-25(17-30-18-26)29(33)31-19-28(23-8-4-3-5-9-23)24-10-6-7-22(15-24)20-36-2/h3-15,25-26,28,30,32H,16-20H2,1-2H3,(H,31,33)/t25-,26-,28?/m0/s1. The average Bonchev–Trinajstić information content (AvgIpc) is 2.90. The molecule has 3 N–H and O–H groups in total. The topological polar surface area (TPSA) is 96.5 Å². The summed E-state index contributed by atoms with van der Waals surface area (Å²) >= 11 is 0. The SMILES string of the molecule is COCc1cccc(C(CNC(=O)[C@@H]2CNC[C@@H](NS(=O)(=O)c3ccc(C)cc3)C2)c2ccccc2)c1. The summed E-state index contributed by atoms with van der Waals surface area (Å²) in [6.45, 7) is 3.86. The highest BCUT2D eigenvalue weighted by Crippen LogP contribution is 2.25. The Bertz CT molecular complexity index is 1280. The van der Waals surface area contributed by atoms with Gasteiger partial charge in [0.15, 0.2) is 0 Å². The van der Waals surface area contributed by atoms with Crippen LogP contribution in [0.1, 0.15) is 34.6 Å². The molecule has 8 heteroatoms. The summed E-state index contributed by atoms with van der Waals surface area (Å²) in [5, 5.41) is 6.35. The molecule has 1 unspecified atom stereocenters. The number of hydrogen-bond acceptors (Lipinski definition) is 5. The van der Waals surface area contributed by atoms with E-state index in [0.29, 0.717) is 32.7 Å². The summed E-state index contributed by atoms with van der Waals surface area (Å²) in [7, 11) is -1.99. The van der Waals surface area contributed by atoms with E-state index >= 15 is 0 Å². The van der Waals surface area contributed by atoms with Crippen molar-refractivity contribution in [2.75, 3.05) is 26.7 Å². The van der Waals surface area contributed by atoms with E-state index in [4.69, 9.17) is 4.74 Å². The molecular weight excluding hydrogens is 486 g/mol. The van der Waals surface area contributed by atoms with Gasteiger partial charge in [0, 0.05) is 38.7 Å². The summed E-state index contributed by atoms with van der Waals surface area (Å²) in [5.41, 5.74) is 4.29. The molecule has 3 aromatic rings. The van der Waals surface area contributed by atoms with E-state index in [0.717, 1.165) is 22.3 Å². The Labute approximate surface area is 219 Å². The largest absolute Gasteiger partial charge is 0.380 e. The molecule has 37 heavy (non-hydrogen) atoms. The molecule has 1 saturated heterocycles. The lowest BCUT2D eigenvalue weighted by atomic mass is 9.89. The second-order valence-electron chi connectivity index (χ2n) is 9.61. The number of rotatable bonds is 10. The lowest BCUT2D eigenvalue weighted by Crippen LogP contribution is -2.52. The van der Waals surface area contributed by atoms with E-state index in [1.165, 1.54) is 0 Å². The fraction of sp³-hybridized carbons (Fsp3) is 0.345. The van der Waals surface area contributed by atoms with Gasteiger partial charge in [-0.2, -0.15) is 0 Å². The highest BCUT2D eigenvalue weighted by atomic mass is 32.2. The molecule has 0 spiro atoms. The highest BCUT2D eigenvalue weighted by molar-refractivity contribution is 7.89. The minimum absolute atomic E-state index is 0.0191. The fourth-order valence-electron chi connectivity index (χ4n) is 4.76. The van der Waals surface area contributed by atoms with E-state index < -0.39 is 10.0 Å². The highest BCUT2D eigenvalue weighted by Gasteiger charge is 2.30. The predicted molar refractivity (Wildman–Crippen MR) is 145 cm³/mol. The monoisotopic (exact) mass is 521 g/mol. The van der Waals surface area contributed by atoms with Crippen LogP contribution in [0.2, 0.25) is 0 Å². The van der Waals surface area contributed by atoms with Gasteiger partial charge in [0.05, 0.1) is 17.4 Å². The summed E-state index contributed by atoms with van der Waals surface area (Å²) in [6, 6.07) is 24.7. The van der Waals surface area contributed by atoms with Crippen LogP contribution in [-0.4, -0.2) is 47.1 Å². The van der Waals surface area contributed by atoms with Gasteiger partial charge >= 0.3 is 0 Å². The van der Waals surface area contributed by atoms with Crippen LogP contribution in [0.5, 0.6) is 0 Å². The smallest absolute Gasteiger partial charge is 0.240 e. The van der Waals surface area contributed by atoms with E-state index in [1.54, 1.807) is 31.4 Å². The van der Waals surface area contributed by atoms with Crippen LogP contribution in [0.15, 0.2) is 83.8 Å². The Hall–Kier alpha value is -3.04. The van der Waals surface area contributed by atoms with E-state index in [2.05, 4.69) is 39.6 Å². The minimum atomic E-state index is -3.66. The fourth-order valence-corrected chi connectivity index (χ4v) is 6.01. The van der Waals surface area contributed by atoms with Crippen LogP contribution in [0, 0.1) is 12.8 Å².